The van der Waals surface area contributed by atoms with Crippen LogP contribution in [0.1, 0.15) is 10.5 Å². The van der Waals surface area contributed by atoms with Gasteiger partial charge in [0.05, 0.1) is 5.69 Å². The number of amides is 1. The molecule has 1 aromatic rings. The third-order valence-electron chi connectivity index (χ3n) is 2.59. The van der Waals surface area contributed by atoms with Crippen LogP contribution in [-0.2, 0) is 4.79 Å². The van der Waals surface area contributed by atoms with Crippen LogP contribution in [0, 0.1) is 16.7 Å². The van der Waals surface area contributed by atoms with E-state index in [1.807, 2.05) is 0 Å². The molecule has 1 unspecified atom stereocenters. The molecule has 8 heteroatoms. The number of likely N-dealkylation sites (N-methyl/N-ethyl adjacent to an activating group) is 1. The summed E-state index contributed by atoms with van der Waals surface area (Å²) in [4.78, 5) is 41.1. The second kappa shape index (κ2) is 3.89. The normalized spacial score (nSPS) is 18.2. The number of anilines is 1. The number of carbonyl (C=O) groups is 2. The molecule has 0 aliphatic carbocycles. The van der Waals surface area contributed by atoms with E-state index < -0.39 is 22.7 Å². The molecule has 1 aromatic heterocycles. The molecule has 0 saturated carbocycles. The summed E-state index contributed by atoms with van der Waals surface area (Å²) in [5.41, 5.74) is -0.0391. The van der Waals surface area contributed by atoms with Gasteiger partial charge in [0, 0.05) is 12.0 Å². The predicted molar refractivity (Wildman–Crippen MR) is 59.0 cm³/mol. The Morgan fingerprint density at radius 2 is 2.17 bits per heavy atom. The lowest BCUT2D eigenvalue weighted by atomic mass is 10.0. The van der Waals surface area contributed by atoms with Gasteiger partial charge in [-0.05, 0) is 12.1 Å². The second-order valence-corrected chi connectivity index (χ2v) is 3.60. The van der Waals surface area contributed by atoms with E-state index in [-0.39, 0.29) is 17.2 Å². The van der Waals surface area contributed by atoms with Crippen LogP contribution in [0.2, 0.25) is 0 Å². The average molecular weight is 246 g/mol. The Hall–Kier alpha value is -2.82. The van der Waals surface area contributed by atoms with E-state index in [1.54, 1.807) is 0 Å². The Bertz CT molecular complexity index is 619. The van der Waals surface area contributed by atoms with E-state index in [0.717, 1.165) is 4.90 Å². The topological polar surface area (TPSA) is 97.8 Å². The molecular weight excluding hydrogens is 240 g/mol. The molecule has 0 saturated heterocycles. The smallest absolute Gasteiger partial charge is 0.355 e. The summed E-state index contributed by atoms with van der Waals surface area (Å²) < 4.78 is 0. The van der Waals surface area contributed by atoms with Gasteiger partial charge in [-0.3, -0.25) is 19.7 Å². The van der Waals surface area contributed by atoms with Crippen molar-refractivity contribution in [2.75, 3.05) is 11.9 Å². The maximum absolute atomic E-state index is 11.8. The maximum Gasteiger partial charge on any atom is 0.355 e. The van der Waals surface area contributed by atoms with Gasteiger partial charge in [-0.2, -0.15) is 0 Å². The maximum atomic E-state index is 11.8. The van der Waals surface area contributed by atoms with Gasteiger partial charge < -0.3 is 9.74 Å². The minimum Gasteiger partial charge on any atom is -0.361 e. The van der Waals surface area contributed by atoms with Gasteiger partial charge in [-0.25, -0.2) is 0 Å². The van der Waals surface area contributed by atoms with E-state index in [1.165, 1.54) is 19.2 Å². The summed E-state index contributed by atoms with van der Waals surface area (Å²) in [6.45, 7) is 6.79. The lowest BCUT2D eigenvalue weighted by Crippen LogP contribution is -2.50. The number of ketones is 1. The van der Waals surface area contributed by atoms with Crippen LogP contribution in [-0.4, -0.2) is 34.7 Å². The SMILES string of the molecule is [C-]#[N+]c1ccc2c(n1)C(=O)C([N+](=O)[O-])C(=O)N2C. The fraction of sp³-hybridized carbons (Fsp3) is 0.200. The minimum atomic E-state index is -1.98. The Morgan fingerprint density at radius 3 is 2.72 bits per heavy atom. The molecule has 18 heavy (non-hydrogen) atoms. The highest BCUT2D eigenvalue weighted by Crippen LogP contribution is 2.28. The van der Waals surface area contributed by atoms with Crippen molar-refractivity contribution in [1.29, 1.82) is 0 Å². The second-order valence-electron chi connectivity index (χ2n) is 3.60. The summed E-state index contributed by atoms with van der Waals surface area (Å²) in [6, 6.07) is 0.743. The summed E-state index contributed by atoms with van der Waals surface area (Å²) in [5, 5.41) is 10.7. The molecule has 0 spiro atoms. The monoisotopic (exact) mass is 246 g/mol. The lowest BCUT2D eigenvalue weighted by Gasteiger charge is -2.23. The summed E-state index contributed by atoms with van der Waals surface area (Å²) >= 11 is 0. The number of carbonyl (C=O) groups excluding carboxylic acids is 2. The molecule has 1 aliphatic rings. The van der Waals surface area contributed by atoms with Crippen LogP contribution in [0.4, 0.5) is 11.5 Å². The molecule has 0 radical (unpaired) electrons. The summed E-state index contributed by atoms with van der Waals surface area (Å²) in [5.74, 6) is -1.94. The molecule has 2 rings (SSSR count). The first kappa shape index (κ1) is 11.7. The molecule has 8 nitrogen and oxygen atoms in total. The molecule has 1 aliphatic heterocycles. The number of hydrogen-bond donors (Lipinski definition) is 0. The molecule has 90 valence electrons. The van der Waals surface area contributed by atoms with Crippen molar-refractivity contribution in [3.05, 3.63) is 39.4 Å². The van der Waals surface area contributed by atoms with Crippen molar-refractivity contribution in [1.82, 2.24) is 4.98 Å². The zero-order valence-electron chi connectivity index (χ0n) is 9.15. The molecule has 1 atom stereocenters. The predicted octanol–water partition coefficient (Wildman–Crippen LogP) is 0.437. The first-order chi connectivity index (χ1) is 8.47. The molecule has 0 N–H and O–H groups in total. The Kier molecular flexibility index (Phi) is 2.52. The van der Waals surface area contributed by atoms with E-state index in [9.17, 15) is 19.7 Å². The fourth-order valence-corrected chi connectivity index (χ4v) is 1.69. The molecule has 0 bridgehead atoms. The Balaban J connectivity index is 2.65. The molecule has 2 heterocycles. The summed E-state index contributed by atoms with van der Waals surface area (Å²) in [7, 11) is 1.32. The van der Waals surface area contributed by atoms with Crippen molar-refractivity contribution < 1.29 is 14.5 Å². The highest BCUT2D eigenvalue weighted by atomic mass is 16.6. The lowest BCUT2D eigenvalue weighted by molar-refractivity contribution is -0.491. The van der Waals surface area contributed by atoms with E-state index >= 15 is 0 Å². The van der Waals surface area contributed by atoms with Gasteiger partial charge in [0.2, 0.25) is 5.69 Å². The molecular formula is C10H6N4O4. The van der Waals surface area contributed by atoms with Gasteiger partial charge in [-0.1, -0.05) is 6.57 Å². The standard InChI is InChI=1S/C10H6N4O4/c1-11-6-4-3-5-7(12-6)9(15)8(14(17)18)10(16)13(5)2/h3-4,8H,2H3. The zero-order valence-corrected chi connectivity index (χ0v) is 9.15. The highest BCUT2D eigenvalue weighted by molar-refractivity contribution is 6.22. The Labute approximate surface area is 101 Å². The largest absolute Gasteiger partial charge is 0.361 e. The van der Waals surface area contributed by atoms with Crippen molar-refractivity contribution in [3.63, 3.8) is 0 Å². The number of pyridine rings is 1. The fourth-order valence-electron chi connectivity index (χ4n) is 1.69. The van der Waals surface area contributed by atoms with Crippen LogP contribution < -0.4 is 4.90 Å². The van der Waals surface area contributed by atoms with Crippen LogP contribution in [0.15, 0.2) is 12.1 Å². The van der Waals surface area contributed by atoms with Gasteiger partial charge in [-0.15, -0.1) is 4.98 Å². The van der Waals surface area contributed by atoms with Gasteiger partial charge >= 0.3 is 11.9 Å². The number of aromatic nitrogens is 1. The third kappa shape index (κ3) is 1.49. The first-order valence-electron chi connectivity index (χ1n) is 4.81. The van der Waals surface area contributed by atoms with E-state index in [4.69, 9.17) is 6.57 Å². The van der Waals surface area contributed by atoms with Crippen molar-refractivity contribution in [2.45, 2.75) is 6.04 Å². The summed E-state index contributed by atoms with van der Waals surface area (Å²) in [6.07, 6.45) is 0. The Morgan fingerprint density at radius 1 is 1.50 bits per heavy atom. The van der Waals surface area contributed by atoms with Gasteiger partial charge in [0.15, 0.2) is 0 Å². The van der Waals surface area contributed by atoms with Crippen LogP contribution in [0.3, 0.4) is 0 Å². The van der Waals surface area contributed by atoms with Crippen molar-refractivity contribution in [2.24, 2.45) is 0 Å². The number of nitrogens with zero attached hydrogens (tertiary/aromatic N) is 4. The number of Topliss-reactive ketones (excluding diaryl/α,β-unsaturated/α-hetero) is 1. The number of hydrogen-bond acceptors (Lipinski definition) is 5. The number of rotatable bonds is 1. The number of nitro groups is 1. The first-order valence-corrected chi connectivity index (χ1v) is 4.81. The molecule has 1 amide bonds. The van der Waals surface area contributed by atoms with Crippen LogP contribution in [0.5, 0.6) is 0 Å². The minimum absolute atomic E-state index is 0.0491. The molecule has 0 fully saturated rings. The quantitative estimate of drug-likeness (QED) is 0.310. The van der Waals surface area contributed by atoms with Crippen molar-refractivity contribution >= 4 is 23.2 Å². The average Bonchev–Trinajstić information content (AvgIpc) is 2.35. The third-order valence-corrected chi connectivity index (χ3v) is 2.59. The van der Waals surface area contributed by atoms with Crippen LogP contribution in [0.25, 0.3) is 4.85 Å². The zero-order chi connectivity index (χ0) is 13.4. The van der Waals surface area contributed by atoms with E-state index in [0.29, 0.717) is 0 Å². The van der Waals surface area contributed by atoms with E-state index in [2.05, 4.69) is 9.83 Å². The van der Waals surface area contributed by atoms with Crippen LogP contribution >= 0.6 is 0 Å². The van der Waals surface area contributed by atoms with Crippen molar-refractivity contribution in [3.8, 4) is 0 Å². The van der Waals surface area contributed by atoms with Gasteiger partial charge in [0.1, 0.15) is 0 Å². The number of fused-ring (bicyclic) bond motifs is 1. The van der Waals surface area contributed by atoms with Gasteiger partial charge in [0.25, 0.3) is 11.6 Å². The highest BCUT2D eigenvalue weighted by Gasteiger charge is 2.49. The molecule has 0 aromatic carbocycles.